The summed E-state index contributed by atoms with van der Waals surface area (Å²) in [6, 6.07) is 21.7. The van der Waals surface area contributed by atoms with Gasteiger partial charge in [-0.05, 0) is 62.5 Å². The van der Waals surface area contributed by atoms with Crippen molar-refractivity contribution in [3.63, 3.8) is 0 Å². The van der Waals surface area contributed by atoms with Gasteiger partial charge in [-0.1, -0.05) is 47.5 Å². The normalized spacial score (nSPS) is 11.1. The zero-order chi connectivity index (χ0) is 23.5. The number of ether oxygens (including phenoxy) is 1. The fourth-order valence-electron chi connectivity index (χ4n) is 3.34. The molecule has 7 nitrogen and oxygen atoms in total. The monoisotopic (exact) mass is 458 g/mol. The molecular formula is C25H22N4O3S. The predicted octanol–water partition coefficient (Wildman–Crippen LogP) is 6.10. The molecule has 0 fully saturated rings. The Morgan fingerprint density at radius 2 is 1.45 bits per heavy atom. The minimum atomic E-state index is -0.580. The number of aromatic nitrogens is 2. The van der Waals surface area contributed by atoms with Gasteiger partial charge in [-0.2, -0.15) is 5.11 Å². The van der Waals surface area contributed by atoms with Gasteiger partial charge < -0.3 is 9.84 Å². The maximum atomic E-state index is 13.4. The molecule has 0 aliphatic heterocycles. The number of para-hydroxylation sites is 2. The molecule has 0 radical (unpaired) electrons. The van der Waals surface area contributed by atoms with E-state index in [9.17, 15) is 9.90 Å². The van der Waals surface area contributed by atoms with Crippen LogP contribution < -0.4 is 10.3 Å². The van der Waals surface area contributed by atoms with Crippen molar-refractivity contribution in [1.82, 2.24) is 9.13 Å². The zero-order valence-corrected chi connectivity index (χ0v) is 19.2. The van der Waals surface area contributed by atoms with Gasteiger partial charge in [0, 0.05) is 0 Å². The topological polar surface area (TPSA) is 81.1 Å². The maximum Gasteiger partial charge on any atom is 0.290 e. The largest absolute Gasteiger partial charge is 0.495 e. The number of hydrogen-bond donors (Lipinski definition) is 1. The predicted molar refractivity (Wildman–Crippen MR) is 131 cm³/mol. The highest BCUT2D eigenvalue weighted by atomic mass is 32.1. The lowest BCUT2D eigenvalue weighted by Gasteiger charge is -2.17. The first-order valence-corrected chi connectivity index (χ1v) is 10.6. The average Bonchev–Trinajstić information content (AvgIpc) is 2.81. The molecule has 0 atom stereocenters. The highest BCUT2D eigenvalue weighted by molar-refractivity contribution is 7.71. The van der Waals surface area contributed by atoms with Crippen LogP contribution in [0.25, 0.3) is 11.4 Å². The summed E-state index contributed by atoms with van der Waals surface area (Å²) in [6.45, 7) is 3.92. The minimum Gasteiger partial charge on any atom is -0.495 e. The number of methoxy groups -OCH3 is 1. The van der Waals surface area contributed by atoms with Crippen molar-refractivity contribution in [3.05, 3.63) is 99.0 Å². The molecule has 0 aliphatic carbocycles. The van der Waals surface area contributed by atoms with Crippen molar-refractivity contribution in [2.75, 3.05) is 7.11 Å². The van der Waals surface area contributed by atoms with Crippen LogP contribution in [0, 0.1) is 18.6 Å². The summed E-state index contributed by atoms with van der Waals surface area (Å²) in [7, 11) is 1.52. The van der Waals surface area contributed by atoms with Crippen LogP contribution in [-0.4, -0.2) is 21.4 Å². The summed E-state index contributed by atoms with van der Waals surface area (Å²) in [5.41, 5.74) is 2.85. The van der Waals surface area contributed by atoms with Crippen molar-refractivity contribution < 1.29 is 9.84 Å². The molecule has 0 bridgehead atoms. The van der Waals surface area contributed by atoms with E-state index in [0.29, 0.717) is 22.8 Å². The first kappa shape index (κ1) is 22.2. The smallest absolute Gasteiger partial charge is 0.290 e. The maximum absolute atomic E-state index is 13.4. The molecule has 0 spiro atoms. The Kier molecular flexibility index (Phi) is 6.19. The molecule has 3 aromatic carbocycles. The number of aryl methyl sites for hydroxylation is 2. The zero-order valence-electron chi connectivity index (χ0n) is 18.4. The molecule has 166 valence electrons. The lowest BCUT2D eigenvalue weighted by Crippen LogP contribution is -2.23. The third kappa shape index (κ3) is 4.33. The minimum absolute atomic E-state index is 0.0696. The van der Waals surface area contributed by atoms with Crippen LogP contribution in [0.4, 0.5) is 11.4 Å². The van der Waals surface area contributed by atoms with E-state index in [0.717, 1.165) is 11.1 Å². The van der Waals surface area contributed by atoms with E-state index in [1.165, 1.54) is 16.2 Å². The van der Waals surface area contributed by atoms with E-state index in [2.05, 4.69) is 10.2 Å². The van der Waals surface area contributed by atoms with E-state index >= 15 is 0 Å². The summed E-state index contributed by atoms with van der Waals surface area (Å²) in [5.74, 6) is 0.0492. The van der Waals surface area contributed by atoms with Crippen LogP contribution in [0.3, 0.4) is 0 Å². The molecule has 4 rings (SSSR count). The van der Waals surface area contributed by atoms with Gasteiger partial charge in [0.25, 0.3) is 5.56 Å². The molecule has 0 unspecified atom stereocenters. The summed E-state index contributed by atoms with van der Waals surface area (Å²) >= 11 is 5.66. The van der Waals surface area contributed by atoms with Crippen molar-refractivity contribution in [2.45, 2.75) is 13.8 Å². The van der Waals surface area contributed by atoms with E-state index < -0.39 is 11.4 Å². The third-order valence-electron chi connectivity index (χ3n) is 5.13. The number of azo groups is 1. The van der Waals surface area contributed by atoms with Crippen molar-refractivity contribution in [1.29, 1.82) is 0 Å². The van der Waals surface area contributed by atoms with Gasteiger partial charge in [-0.3, -0.25) is 13.9 Å². The van der Waals surface area contributed by atoms with Gasteiger partial charge in [0.1, 0.15) is 5.75 Å². The van der Waals surface area contributed by atoms with Crippen LogP contribution in [0.2, 0.25) is 0 Å². The fraction of sp³-hybridized carbons (Fsp3) is 0.120. The van der Waals surface area contributed by atoms with Crippen LogP contribution in [0.1, 0.15) is 11.1 Å². The summed E-state index contributed by atoms with van der Waals surface area (Å²) in [6.07, 6.45) is 0. The molecule has 0 amide bonds. The second kappa shape index (κ2) is 9.22. The van der Waals surface area contributed by atoms with Crippen molar-refractivity contribution >= 4 is 23.6 Å². The molecule has 1 aromatic heterocycles. The second-order valence-electron chi connectivity index (χ2n) is 7.47. The van der Waals surface area contributed by atoms with Crippen LogP contribution in [0.5, 0.6) is 11.6 Å². The summed E-state index contributed by atoms with van der Waals surface area (Å²) in [5, 5.41) is 19.4. The van der Waals surface area contributed by atoms with Gasteiger partial charge in [-0.15, -0.1) is 5.11 Å². The van der Waals surface area contributed by atoms with Crippen LogP contribution in [0.15, 0.2) is 87.8 Å². The Balaban J connectivity index is 2.02. The number of rotatable bonds is 5. The van der Waals surface area contributed by atoms with Gasteiger partial charge >= 0.3 is 0 Å². The number of nitrogens with zero attached hydrogens (tertiary/aromatic N) is 4. The number of aromatic hydroxyl groups is 1. The quantitative estimate of drug-likeness (QED) is 0.289. The van der Waals surface area contributed by atoms with Crippen molar-refractivity contribution in [2.24, 2.45) is 10.2 Å². The van der Waals surface area contributed by atoms with Crippen molar-refractivity contribution in [3.8, 4) is 23.0 Å². The second-order valence-corrected chi connectivity index (χ2v) is 7.84. The Hall–Kier alpha value is -4.04. The van der Waals surface area contributed by atoms with Gasteiger partial charge in [0.2, 0.25) is 11.6 Å². The molecule has 0 saturated heterocycles. The first-order valence-electron chi connectivity index (χ1n) is 10.2. The van der Waals surface area contributed by atoms with E-state index in [1.54, 1.807) is 48.5 Å². The van der Waals surface area contributed by atoms with E-state index in [1.807, 2.05) is 38.1 Å². The summed E-state index contributed by atoms with van der Waals surface area (Å²) in [4.78, 5) is 13.4. The van der Waals surface area contributed by atoms with Gasteiger partial charge in [0.05, 0.1) is 24.2 Å². The molecule has 0 aliphatic rings. The van der Waals surface area contributed by atoms with E-state index in [4.69, 9.17) is 17.0 Å². The molecule has 1 N–H and O–H groups in total. The van der Waals surface area contributed by atoms with Gasteiger partial charge in [-0.25, -0.2) is 0 Å². The first-order chi connectivity index (χ1) is 15.9. The molecule has 8 heteroatoms. The lowest BCUT2D eigenvalue weighted by molar-refractivity contribution is 0.402. The Labute approximate surface area is 195 Å². The fourth-order valence-corrected chi connectivity index (χ4v) is 3.72. The van der Waals surface area contributed by atoms with Crippen LogP contribution >= 0.6 is 12.2 Å². The lowest BCUT2D eigenvalue weighted by atomic mass is 10.2. The van der Waals surface area contributed by atoms with Crippen LogP contribution in [-0.2, 0) is 0 Å². The molecule has 33 heavy (non-hydrogen) atoms. The Bertz CT molecular complexity index is 1450. The molecule has 0 saturated carbocycles. The standard InChI is InChI=1S/C25H22N4O3S/c1-16-8-12-18(13-9-16)26-27-22-23(30)28(19-14-10-17(2)11-15-19)25(33)29(24(22)31)20-6-4-5-7-21(20)32-3/h4-15,31H,1-3H3. The Morgan fingerprint density at radius 3 is 2.09 bits per heavy atom. The number of benzene rings is 3. The summed E-state index contributed by atoms with van der Waals surface area (Å²) < 4.78 is 8.22. The third-order valence-corrected chi connectivity index (χ3v) is 5.49. The van der Waals surface area contributed by atoms with Gasteiger partial charge in [0.15, 0.2) is 4.77 Å². The molecule has 1 heterocycles. The Morgan fingerprint density at radius 1 is 0.848 bits per heavy atom. The SMILES string of the molecule is COc1ccccc1-n1c(O)c(N=Nc2ccc(C)cc2)c(=O)n(-c2ccc(C)cc2)c1=S. The van der Waals surface area contributed by atoms with E-state index in [-0.39, 0.29) is 10.5 Å². The number of hydrogen-bond acceptors (Lipinski definition) is 6. The molecule has 4 aromatic rings. The highest BCUT2D eigenvalue weighted by Crippen LogP contribution is 2.32. The molecular weight excluding hydrogens is 436 g/mol. The highest BCUT2D eigenvalue weighted by Gasteiger charge is 2.21. The average molecular weight is 459 g/mol.